The van der Waals surface area contributed by atoms with Gasteiger partial charge in [0.2, 0.25) is 15.9 Å². The molecule has 1 fully saturated rings. The van der Waals surface area contributed by atoms with E-state index in [-0.39, 0.29) is 5.91 Å². The van der Waals surface area contributed by atoms with Crippen LogP contribution < -0.4 is 5.32 Å². The van der Waals surface area contributed by atoms with E-state index in [4.69, 9.17) is 0 Å². The quantitative estimate of drug-likeness (QED) is 0.849. The van der Waals surface area contributed by atoms with Crippen LogP contribution in [0.2, 0.25) is 0 Å². The number of hydrogen-bond donors (Lipinski definition) is 1. The Bertz CT molecular complexity index is 747. The molecule has 0 radical (unpaired) electrons. The third kappa shape index (κ3) is 4.04. The number of hydrogen-bond acceptors (Lipinski definition) is 4. The van der Waals surface area contributed by atoms with Crippen molar-refractivity contribution < 1.29 is 13.2 Å². The maximum absolute atomic E-state index is 13.1. The van der Waals surface area contributed by atoms with E-state index in [1.54, 1.807) is 6.07 Å². The van der Waals surface area contributed by atoms with Crippen molar-refractivity contribution in [3.8, 4) is 0 Å². The number of thioether (sulfide) groups is 1. The predicted octanol–water partition coefficient (Wildman–Crippen LogP) is 2.40. The van der Waals surface area contributed by atoms with Crippen LogP contribution in [-0.4, -0.2) is 42.8 Å². The zero-order valence-corrected chi connectivity index (χ0v) is 16.5. The molecule has 0 aromatic heterocycles. The standard InChI is InChI=1S/C18H26N2O3S2/c1-13(2)10-19-18(21)17-11-24-12-20(17)25(22,23)16-8-7-14-5-3-4-6-15(14)9-16/h7-9,13,17H,3-6,10-12H2,1-2H3,(H,19,21). The predicted molar refractivity (Wildman–Crippen MR) is 101 cm³/mol. The minimum absolute atomic E-state index is 0.194. The summed E-state index contributed by atoms with van der Waals surface area (Å²) < 4.78 is 27.6. The van der Waals surface area contributed by atoms with E-state index < -0.39 is 16.1 Å². The first-order valence-corrected chi connectivity index (χ1v) is 11.5. The second-order valence-electron chi connectivity index (χ2n) is 7.18. The molecule has 25 heavy (non-hydrogen) atoms. The van der Waals surface area contributed by atoms with Gasteiger partial charge in [0, 0.05) is 12.3 Å². The summed E-state index contributed by atoms with van der Waals surface area (Å²) in [5, 5.41) is 2.87. The molecule has 1 aliphatic heterocycles. The molecule has 1 aliphatic carbocycles. The number of fused-ring (bicyclic) bond motifs is 1. The van der Waals surface area contributed by atoms with E-state index in [2.05, 4.69) is 5.32 Å². The van der Waals surface area contributed by atoms with Gasteiger partial charge in [-0.05, 0) is 54.9 Å². The molecule has 2 aliphatic rings. The second kappa shape index (κ2) is 7.68. The molecule has 1 unspecified atom stereocenters. The average molecular weight is 383 g/mol. The molecule has 1 atom stereocenters. The summed E-state index contributed by atoms with van der Waals surface area (Å²) in [6.07, 6.45) is 4.23. The van der Waals surface area contributed by atoms with Gasteiger partial charge in [-0.3, -0.25) is 4.79 Å². The van der Waals surface area contributed by atoms with E-state index in [0.717, 1.165) is 24.8 Å². The SMILES string of the molecule is CC(C)CNC(=O)C1CSCN1S(=O)(=O)c1ccc2c(c1)CCCC2. The van der Waals surface area contributed by atoms with E-state index in [0.29, 0.717) is 29.0 Å². The largest absolute Gasteiger partial charge is 0.354 e. The number of amides is 1. The molecular weight excluding hydrogens is 356 g/mol. The molecule has 5 nitrogen and oxygen atoms in total. The molecule has 0 bridgehead atoms. The van der Waals surface area contributed by atoms with Crippen LogP contribution >= 0.6 is 11.8 Å². The Kier molecular flexibility index (Phi) is 5.75. The van der Waals surface area contributed by atoms with E-state index in [1.807, 2.05) is 26.0 Å². The molecule has 1 N–H and O–H groups in total. The molecule has 1 saturated heterocycles. The van der Waals surface area contributed by atoms with E-state index in [9.17, 15) is 13.2 Å². The molecule has 0 spiro atoms. The van der Waals surface area contributed by atoms with Gasteiger partial charge in [0.15, 0.2) is 0 Å². The summed E-state index contributed by atoms with van der Waals surface area (Å²) >= 11 is 1.49. The number of carbonyl (C=O) groups excluding carboxylic acids is 1. The fraction of sp³-hybridized carbons (Fsp3) is 0.611. The number of carbonyl (C=O) groups is 1. The monoisotopic (exact) mass is 382 g/mol. The van der Waals surface area contributed by atoms with Crippen molar-refractivity contribution in [1.29, 1.82) is 0 Å². The smallest absolute Gasteiger partial charge is 0.244 e. The van der Waals surface area contributed by atoms with Crippen molar-refractivity contribution in [3.63, 3.8) is 0 Å². The van der Waals surface area contributed by atoms with Gasteiger partial charge < -0.3 is 5.32 Å². The second-order valence-corrected chi connectivity index (χ2v) is 10.1. The van der Waals surface area contributed by atoms with Crippen LogP contribution in [0, 0.1) is 5.92 Å². The maximum Gasteiger partial charge on any atom is 0.244 e. The number of nitrogens with one attached hydrogen (secondary N) is 1. The normalized spacial score (nSPS) is 21.3. The van der Waals surface area contributed by atoms with Crippen molar-refractivity contribution in [1.82, 2.24) is 9.62 Å². The third-order valence-electron chi connectivity index (χ3n) is 4.76. The highest BCUT2D eigenvalue weighted by Crippen LogP contribution is 2.31. The lowest BCUT2D eigenvalue weighted by Crippen LogP contribution is -2.47. The van der Waals surface area contributed by atoms with E-state index in [1.165, 1.54) is 28.1 Å². The van der Waals surface area contributed by atoms with Crippen LogP contribution in [-0.2, 0) is 27.7 Å². The van der Waals surface area contributed by atoms with E-state index >= 15 is 0 Å². The number of nitrogens with zero attached hydrogens (tertiary/aromatic N) is 1. The van der Waals surface area contributed by atoms with Crippen LogP contribution in [0.25, 0.3) is 0 Å². The lowest BCUT2D eigenvalue weighted by Gasteiger charge is -2.24. The highest BCUT2D eigenvalue weighted by Gasteiger charge is 2.40. The van der Waals surface area contributed by atoms with Gasteiger partial charge in [-0.2, -0.15) is 4.31 Å². The molecule has 1 aromatic carbocycles. The van der Waals surface area contributed by atoms with Gasteiger partial charge >= 0.3 is 0 Å². The maximum atomic E-state index is 13.1. The summed E-state index contributed by atoms with van der Waals surface area (Å²) in [6.45, 7) is 4.60. The van der Waals surface area contributed by atoms with Crippen LogP contribution in [0.4, 0.5) is 0 Å². The minimum atomic E-state index is -3.65. The average Bonchev–Trinajstić information content (AvgIpc) is 3.10. The Morgan fingerprint density at radius 1 is 1.28 bits per heavy atom. The first-order valence-electron chi connectivity index (χ1n) is 8.88. The fourth-order valence-corrected chi connectivity index (χ4v) is 6.50. The van der Waals surface area contributed by atoms with Crippen molar-refractivity contribution in [3.05, 3.63) is 29.3 Å². The highest BCUT2D eigenvalue weighted by atomic mass is 32.2. The Balaban J connectivity index is 1.82. The van der Waals surface area contributed by atoms with Crippen molar-refractivity contribution in [2.75, 3.05) is 18.2 Å². The fourth-order valence-electron chi connectivity index (χ4n) is 3.30. The van der Waals surface area contributed by atoms with Gasteiger partial charge in [-0.25, -0.2) is 8.42 Å². The number of benzene rings is 1. The summed E-state index contributed by atoms with van der Waals surface area (Å²) in [4.78, 5) is 12.8. The molecule has 1 aromatic rings. The van der Waals surface area contributed by atoms with Gasteiger partial charge in [0.05, 0.1) is 10.8 Å². The lowest BCUT2D eigenvalue weighted by molar-refractivity contribution is -0.123. The summed E-state index contributed by atoms with van der Waals surface area (Å²) in [5.41, 5.74) is 2.40. The molecular formula is C18H26N2O3S2. The Hall–Kier alpha value is -1.05. The number of sulfonamides is 1. The summed E-state index contributed by atoms with van der Waals surface area (Å²) in [7, 11) is -3.65. The third-order valence-corrected chi connectivity index (χ3v) is 7.78. The first-order chi connectivity index (χ1) is 11.9. The summed E-state index contributed by atoms with van der Waals surface area (Å²) in [6, 6.07) is 4.84. The summed E-state index contributed by atoms with van der Waals surface area (Å²) in [5.74, 6) is 0.983. The Morgan fingerprint density at radius 3 is 2.72 bits per heavy atom. The number of aryl methyl sites for hydroxylation is 2. The first kappa shape index (κ1) is 18.7. The highest BCUT2D eigenvalue weighted by molar-refractivity contribution is 8.00. The molecule has 3 rings (SSSR count). The Labute approximate surface area is 154 Å². The van der Waals surface area contributed by atoms with Crippen LogP contribution in [0.1, 0.15) is 37.8 Å². The van der Waals surface area contributed by atoms with Crippen LogP contribution in [0.15, 0.2) is 23.1 Å². The van der Waals surface area contributed by atoms with Gasteiger partial charge in [0.25, 0.3) is 0 Å². The molecule has 0 saturated carbocycles. The molecule has 1 heterocycles. The minimum Gasteiger partial charge on any atom is -0.354 e. The Morgan fingerprint density at radius 2 is 2.00 bits per heavy atom. The molecule has 1 amide bonds. The zero-order valence-electron chi connectivity index (χ0n) is 14.8. The van der Waals surface area contributed by atoms with Crippen molar-refractivity contribution in [2.24, 2.45) is 5.92 Å². The number of rotatable bonds is 5. The van der Waals surface area contributed by atoms with Gasteiger partial charge in [-0.1, -0.05) is 19.9 Å². The van der Waals surface area contributed by atoms with Gasteiger partial charge in [0.1, 0.15) is 6.04 Å². The molecule has 138 valence electrons. The zero-order chi connectivity index (χ0) is 18.0. The lowest BCUT2D eigenvalue weighted by atomic mass is 9.92. The van der Waals surface area contributed by atoms with Crippen molar-refractivity contribution >= 4 is 27.7 Å². The molecule has 7 heteroatoms. The topological polar surface area (TPSA) is 66.5 Å². The van der Waals surface area contributed by atoms with Gasteiger partial charge in [-0.15, -0.1) is 11.8 Å². The van der Waals surface area contributed by atoms with Crippen molar-refractivity contribution in [2.45, 2.75) is 50.5 Å². The van der Waals surface area contributed by atoms with Crippen LogP contribution in [0.3, 0.4) is 0 Å². The van der Waals surface area contributed by atoms with Crippen LogP contribution in [0.5, 0.6) is 0 Å².